The standard InChI is InChI=1S/C22H33N6.3BrH.Ti/c1-7-16-13-20(10-4,26-23-16)19(21(11-5)14-17(8-2)24-27-21)22(12-6)15-18(9-3)25-28-22;;;;/h13-15H,7-12H2,1-6H3;3*1H;/q-1;;;;+4/p-3. The van der Waals surface area contributed by atoms with Crippen molar-refractivity contribution in [3.63, 3.8) is 0 Å². The number of hydrogen-bond acceptors (Lipinski definition) is 6. The molecule has 0 bridgehead atoms. The molecule has 0 saturated heterocycles. The number of hydrogen-bond donors (Lipinski definition) is 0. The SMILES string of the molecule is CCC1=CC(CC)([C-](C2(CC)C=C(CC)N=N2)C2(CC)C=C(CC)N=N2)N=N1.[Br-].[Br-].[Br-].[Ti+4]. The van der Waals surface area contributed by atoms with Gasteiger partial charge in [0.05, 0.1) is 17.1 Å². The summed E-state index contributed by atoms with van der Waals surface area (Å²) >= 11 is 0. The van der Waals surface area contributed by atoms with Crippen molar-refractivity contribution < 1.29 is 72.7 Å². The molecule has 3 unspecified atom stereocenters. The van der Waals surface area contributed by atoms with E-state index in [-0.39, 0.29) is 72.7 Å². The quantitative estimate of drug-likeness (QED) is 0.208. The minimum atomic E-state index is -0.533. The van der Waals surface area contributed by atoms with E-state index in [0.717, 1.165) is 61.5 Å². The van der Waals surface area contributed by atoms with Crippen LogP contribution in [0.3, 0.4) is 0 Å². The fourth-order valence-corrected chi connectivity index (χ4v) is 4.52. The minimum Gasteiger partial charge on any atom is -1.00 e. The van der Waals surface area contributed by atoms with Crippen LogP contribution in [0.5, 0.6) is 0 Å². The van der Waals surface area contributed by atoms with Crippen LogP contribution in [0.25, 0.3) is 0 Å². The Labute approximate surface area is 239 Å². The molecule has 0 amide bonds. The van der Waals surface area contributed by atoms with Gasteiger partial charge in [0.1, 0.15) is 0 Å². The Bertz CT molecular complexity index is 705. The van der Waals surface area contributed by atoms with Crippen LogP contribution in [0.15, 0.2) is 66.0 Å². The molecule has 0 fully saturated rings. The first-order valence-electron chi connectivity index (χ1n) is 10.8. The van der Waals surface area contributed by atoms with E-state index >= 15 is 0 Å². The average Bonchev–Trinajstić information content (AvgIpc) is 3.46. The summed E-state index contributed by atoms with van der Waals surface area (Å²) in [6.45, 7) is 12.9. The molecule has 3 aliphatic rings. The van der Waals surface area contributed by atoms with Gasteiger partial charge in [0, 0.05) is 0 Å². The summed E-state index contributed by atoms with van der Waals surface area (Å²) in [5, 5.41) is 28.1. The van der Waals surface area contributed by atoms with Crippen molar-refractivity contribution in [2.75, 3.05) is 0 Å². The number of rotatable bonds is 9. The monoisotopic (exact) mass is 666 g/mol. The molecule has 32 heavy (non-hydrogen) atoms. The van der Waals surface area contributed by atoms with E-state index in [1.54, 1.807) is 0 Å². The van der Waals surface area contributed by atoms with Crippen molar-refractivity contribution in [3.8, 4) is 0 Å². The fraction of sp³-hybridized carbons (Fsp3) is 0.682. The third kappa shape index (κ3) is 5.86. The fourth-order valence-electron chi connectivity index (χ4n) is 4.52. The molecule has 3 aliphatic heterocycles. The van der Waals surface area contributed by atoms with Crippen LogP contribution in [0, 0.1) is 5.92 Å². The summed E-state index contributed by atoms with van der Waals surface area (Å²) in [5.41, 5.74) is 1.49. The van der Waals surface area contributed by atoms with Crippen LogP contribution < -0.4 is 50.9 Å². The molecular formula is C22H33Br3N6Ti. The van der Waals surface area contributed by atoms with Gasteiger partial charge < -0.3 is 50.9 Å². The molecule has 0 aromatic rings. The van der Waals surface area contributed by atoms with Gasteiger partial charge >= 0.3 is 21.7 Å². The Morgan fingerprint density at radius 3 is 0.969 bits per heavy atom. The van der Waals surface area contributed by atoms with Crippen LogP contribution in [0.1, 0.15) is 80.1 Å². The van der Waals surface area contributed by atoms with Gasteiger partial charge in [-0.25, -0.2) is 21.3 Å². The summed E-state index contributed by atoms with van der Waals surface area (Å²) in [6.07, 6.45) is 11.7. The first kappa shape index (κ1) is 34.3. The van der Waals surface area contributed by atoms with E-state index in [9.17, 15) is 0 Å². The largest absolute Gasteiger partial charge is 4.00 e. The summed E-state index contributed by atoms with van der Waals surface area (Å²) in [7, 11) is 0. The van der Waals surface area contributed by atoms with Gasteiger partial charge in [0.2, 0.25) is 0 Å². The molecule has 0 spiro atoms. The van der Waals surface area contributed by atoms with Crippen molar-refractivity contribution in [2.24, 2.45) is 30.7 Å². The van der Waals surface area contributed by atoms with Gasteiger partial charge in [-0.15, -0.1) is 0 Å². The van der Waals surface area contributed by atoms with E-state index < -0.39 is 16.6 Å². The predicted octanol–water partition coefficient (Wildman–Crippen LogP) is -1.70. The Morgan fingerprint density at radius 2 is 0.812 bits per heavy atom. The predicted molar refractivity (Wildman–Crippen MR) is 112 cm³/mol. The second-order valence-electron chi connectivity index (χ2n) is 7.78. The normalized spacial score (nSPS) is 29.5. The van der Waals surface area contributed by atoms with Crippen LogP contribution in [0.2, 0.25) is 0 Å². The van der Waals surface area contributed by atoms with E-state index in [2.05, 4.69) is 75.1 Å². The first-order valence-corrected chi connectivity index (χ1v) is 10.8. The molecule has 3 atom stereocenters. The van der Waals surface area contributed by atoms with Crippen molar-refractivity contribution in [2.45, 2.75) is 96.7 Å². The number of azo groups is 3. The third-order valence-electron chi connectivity index (χ3n) is 6.29. The van der Waals surface area contributed by atoms with E-state index in [1.807, 2.05) is 0 Å². The summed E-state index contributed by atoms with van der Waals surface area (Å²) in [5.74, 6) is 1.16. The van der Waals surface area contributed by atoms with Crippen LogP contribution >= 0.6 is 0 Å². The van der Waals surface area contributed by atoms with Crippen molar-refractivity contribution >= 4 is 0 Å². The van der Waals surface area contributed by atoms with Gasteiger partial charge in [-0.3, -0.25) is 0 Å². The molecule has 3 heterocycles. The molecule has 0 saturated carbocycles. The van der Waals surface area contributed by atoms with Crippen LogP contribution in [-0.2, 0) is 21.7 Å². The minimum absolute atomic E-state index is 0. The maximum atomic E-state index is 4.85. The Balaban J connectivity index is 0. The molecule has 0 aromatic carbocycles. The Morgan fingerprint density at radius 1 is 0.562 bits per heavy atom. The van der Waals surface area contributed by atoms with Gasteiger partial charge in [-0.1, -0.05) is 79.0 Å². The topological polar surface area (TPSA) is 74.2 Å². The molecule has 10 heteroatoms. The Hall–Kier alpha value is 0.174. The van der Waals surface area contributed by atoms with Crippen molar-refractivity contribution in [3.05, 3.63) is 41.2 Å². The maximum absolute atomic E-state index is 4.85. The molecular weight excluding hydrogens is 636 g/mol. The molecule has 0 radical (unpaired) electrons. The number of nitrogens with zero attached hydrogens (tertiary/aromatic N) is 6. The zero-order chi connectivity index (χ0) is 20.4. The van der Waals surface area contributed by atoms with E-state index in [4.69, 9.17) is 15.3 Å². The first-order chi connectivity index (χ1) is 13.5. The summed E-state index contributed by atoms with van der Waals surface area (Å²) in [6, 6.07) is 0. The van der Waals surface area contributed by atoms with Gasteiger partial charge in [-0.2, -0.15) is 15.3 Å². The van der Waals surface area contributed by atoms with Crippen molar-refractivity contribution in [1.29, 1.82) is 0 Å². The summed E-state index contributed by atoms with van der Waals surface area (Å²) in [4.78, 5) is 0. The zero-order valence-corrected chi connectivity index (χ0v) is 26.1. The van der Waals surface area contributed by atoms with Crippen molar-refractivity contribution in [1.82, 2.24) is 0 Å². The molecule has 0 aliphatic carbocycles. The average molecular weight is 669 g/mol. The van der Waals surface area contributed by atoms with Gasteiger partial charge in [-0.05, 0) is 35.9 Å². The molecule has 0 aromatic heterocycles. The van der Waals surface area contributed by atoms with Gasteiger partial charge in [0.15, 0.2) is 0 Å². The summed E-state index contributed by atoms with van der Waals surface area (Å²) < 4.78 is 0. The van der Waals surface area contributed by atoms with E-state index in [1.165, 1.54) is 0 Å². The van der Waals surface area contributed by atoms with Gasteiger partial charge in [0.25, 0.3) is 0 Å². The second-order valence-corrected chi connectivity index (χ2v) is 7.78. The second kappa shape index (κ2) is 13.9. The molecule has 176 valence electrons. The Kier molecular flexibility index (Phi) is 14.9. The van der Waals surface area contributed by atoms with Crippen LogP contribution in [0.4, 0.5) is 0 Å². The third-order valence-corrected chi connectivity index (χ3v) is 6.29. The molecule has 0 N–H and O–H groups in total. The maximum Gasteiger partial charge on any atom is 4.00 e. The molecule has 3 rings (SSSR count). The zero-order valence-electron chi connectivity index (χ0n) is 19.8. The number of allylic oxidation sites excluding steroid dienone is 3. The van der Waals surface area contributed by atoms with Crippen LogP contribution in [-0.4, -0.2) is 16.6 Å². The molecule has 6 nitrogen and oxygen atoms in total. The van der Waals surface area contributed by atoms with E-state index in [0.29, 0.717) is 0 Å². The number of halogens is 3. The smallest absolute Gasteiger partial charge is 1.00 e.